The predicted molar refractivity (Wildman–Crippen MR) is 102 cm³/mol. The van der Waals surface area contributed by atoms with Gasteiger partial charge in [0.15, 0.2) is 5.11 Å². The van der Waals surface area contributed by atoms with E-state index in [9.17, 15) is 4.39 Å². The van der Waals surface area contributed by atoms with Crippen LogP contribution in [0.2, 0.25) is 5.02 Å². The molecule has 0 radical (unpaired) electrons. The van der Waals surface area contributed by atoms with Crippen molar-refractivity contribution >= 4 is 34.6 Å². The largest absolute Gasteiger partial charge is 0.358 e. The molecule has 128 valence electrons. The van der Waals surface area contributed by atoms with Gasteiger partial charge in [-0.2, -0.15) is 5.10 Å². The van der Waals surface area contributed by atoms with E-state index in [0.717, 1.165) is 16.8 Å². The Morgan fingerprint density at radius 3 is 2.76 bits per heavy atom. The number of nitrogens with one attached hydrogen (secondary N) is 2. The molecule has 0 aliphatic carbocycles. The fourth-order valence-electron chi connectivity index (χ4n) is 2.29. The van der Waals surface area contributed by atoms with Gasteiger partial charge < -0.3 is 10.6 Å². The summed E-state index contributed by atoms with van der Waals surface area (Å²) in [6.07, 6.45) is 3.49. The lowest BCUT2D eigenvalue weighted by molar-refractivity contribution is 0.624. The van der Waals surface area contributed by atoms with Crippen LogP contribution in [-0.2, 0) is 13.1 Å². The molecule has 2 N–H and O–H groups in total. The van der Waals surface area contributed by atoms with Gasteiger partial charge in [-0.15, -0.1) is 0 Å². The average Bonchev–Trinajstić information content (AvgIpc) is 3.03. The summed E-state index contributed by atoms with van der Waals surface area (Å²) in [6, 6.07) is 14.3. The highest BCUT2D eigenvalue weighted by molar-refractivity contribution is 7.80. The van der Waals surface area contributed by atoms with Gasteiger partial charge in [0.25, 0.3) is 0 Å². The first-order chi connectivity index (χ1) is 12.1. The third-order valence-electron chi connectivity index (χ3n) is 3.53. The van der Waals surface area contributed by atoms with E-state index in [1.165, 1.54) is 12.1 Å². The maximum atomic E-state index is 13.1. The number of nitrogens with zero attached hydrogens (tertiary/aromatic N) is 2. The van der Waals surface area contributed by atoms with Gasteiger partial charge in [-0.25, -0.2) is 4.39 Å². The second-order valence-electron chi connectivity index (χ2n) is 5.46. The van der Waals surface area contributed by atoms with E-state index in [2.05, 4.69) is 15.7 Å². The molecule has 0 spiro atoms. The normalized spacial score (nSPS) is 10.5. The van der Waals surface area contributed by atoms with Crippen LogP contribution in [-0.4, -0.2) is 14.9 Å². The molecule has 0 aliphatic rings. The van der Waals surface area contributed by atoms with Crippen LogP contribution in [0.4, 0.5) is 10.1 Å². The van der Waals surface area contributed by atoms with Gasteiger partial charge in [0, 0.05) is 17.8 Å². The number of anilines is 1. The predicted octanol–water partition coefficient (Wildman–Crippen LogP) is 4.21. The highest BCUT2D eigenvalue weighted by Crippen LogP contribution is 2.18. The Balaban J connectivity index is 1.55. The van der Waals surface area contributed by atoms with Crippen molar-refractivity contribution < 1.29 is 4.39 Å². The monoisotopic (exact) mass is 374 g/mol. The van der Waals surface area contributed by atoms with Gasteiger partial charge in [-0.05, 0) is 35.5 Å². The highest BCUT2D eigenvalue weighted by atomic mass is 35.5. The standard InChI is InChI=1S/C18H16ClFN4S/c19-17-8-15(20)7-6-14(17)11-24-12-16(10-22-24)23-18(25)21-9-13-4-2-1-3-5-13/h1-8,10,12H,9,11H2,(H2,21,23,25). The van der Waals surface area contributed by atoms with E-state index >= 15 is 0 Å². The van der Waals surface area contributed by atoms with Crippen molar-refractivity contribution in [1.82, 2.24) is 15.1 Å². The molecule has 4 nitrogen and oxygen atoms in total. The number of thiocarbonyl (C=S) groups is 1. The van der Waals surface area contributed by atoms with E-state index < -0.39 is 0 Å². The second-order valence-corrected chi connectivity index (χ2v) is 6.27. The summed E-state index contributed by atoms with van der Waals surface area (Å²) < 4.78 is 14.8. The smallest absolute Gasteiger partial charge is 0.171 e. The maximum absolute atomic E-state index is 13.1. The summed E-state index contributed by atoms with van der Waals surface area (Å²) in [5.41, 5.74) is 2.71. The molecule has 25 heavy (non-hydrogen) atoms. The summed E-state index contributed by atoms with van der Waals surface area (Å²) in [4.78, 5) is 0. The van der Waals surface area contributed by atoms with Gasteiger partial charge >= 0.3 is 0 Å². The lowest BCUT2D eigenvalue weighted by Crippen LogP contribution is -2.27. The van der Waals surface area contributed by atoms with Crippen molar-refractivity contribution in [2.24, 2.45) is 0 Å². The minimum Gasteiger partial charge on any atom is -0.358 e. The summed E-state index contributed by atoms with van der Waals surface area (Å²) in [5, 5.41) is 11.4. The molecule has 3 aromatic rings. The maximum Gasteiger partial charge on any atom is 0.171 e. The van der Waals surface area contributed by atoms with E-state index in [1.54, 1.807) is 16.9 Å². The third-order valence-corrected chi connectivity index (χ3v) is 4.13. The van der Waals surface area contributed by atoms with E-state index in [1.807, 2.05) is 36.5 Å². The minimum absolute atomic E-state index is 0.355. The molecular weight excluding hydrogens is 359 g/mol. The van der Waals surface area contributed by atoms with Crippen molar-refractivity contribution in [3.63, 3.8) is 0 Å². The first-order valence-electron chi connectivity index (χ1n) is 7.65. The summed E-state index contributed by atoms with van der Waals surface area (Å²) >= 11 is 11.3. The van der Waals surface area contributed by atoms with Crippen LogP contribution in [0.1, 0.15) is 11.1 Å². The fraction of sp³-hybridized carbons (Fsp3) is 0.111. The second kappa shape index (κ2) is 8.09. The lowest BCUT2D eigenvalue weighted by Gasteiger charge is -2.09. The Hall–Kier alpha value is -2.44. The summed E-state index contributed by atoms with van der Waals surface area (Å²) in [7, 11) is 0. The van der Waals surface area contributed by atoms with Crippen LogP contribution in [0.3, 0.4) is 0 Å². The van der Waals surface area contributed by atoms with Crippen LogP contribution in [0.5, 0.6) is 0 Å². The molecule has 0 bridgehead atoms. The van der Waals surface area contributed by atoms with Crippen LogP contribution >= 0.6 is 23.8 Å². The molecule has 0 atom stereocenters. The lowest BCUT2D eigenvalue weighted by atomic mass is 10.2. The number of aromatic nitrogens is 2. The molecule has 3 rings (SSSR count). The van der Waals surface area contributed by atoms with Crippen LogP contribution in [0, 0.1) is 5.82 Å². The third kappa shape index (κ3) is 5.01. The quantitative estimate of drug-likeness (QED) is 0.656. The number of benzene rings is 2. The Labute approximate surface area is 155 Å². The molecule has 1 aromatic heterocycles. The zero-order valence-electron chi connectivity index (χ0n) is 13.2. The van der Waals surface area contributed by atoms with Gasteiger partial charge in [-0.1, -0.05) is 48.0 Å². The van der Waals surface area contributed by atoms with Gasteiger partial charge in [0.1, 0.15) is 5.82 Å². The molecule has 1 heterocycles. The minimum atomic E-state index is -0.355. The van der Waals surface area contributed by atoms with Crippen LogP contribution < -0.4 is 10.6 Å². The molecule has 7 heteroatoms. The molecule has 0 saturated heterocycles. The molecule has 0 unspecified atom stereocenters. The van der Waals surface area contributed by atoms with E-state index in [4.69, 9.17) is 23.8 Å². The van der Waals surface area contributed by atoms with Crippen LogP contribution in [0.15, 0.2) is 60.9 Å². The molecule has 0 saturated carbocycles. The fourth-order valence-corrected chi connectivity index (χ4v) is 2.71. The van der Waals surface area contributed by atoms with E-state index in [0.29, 0.717) is 23.2 Å². The molecule has 0 aliphatic heterocycles. The zero-order chi connectivity index (χ0) is 17.6. The Morgan fingerprint density at radius 2 is 2.00 bits per heavy atom. The highest BCUT2D eigenvalue weighted by Gasteiger charge is 2.06. The van der Waals surface area contributed by atoms with Crippen LogP contribution in [0.25, 0.3) is 0 Å². The number of hydrogen-bond acceptors (Lipinski definition) is 2. The first kappa shape index (κ1) is 17.4. The van der Waals surface area contributed by atoms with Gasteiger partial charge in [0.2, 0.25) is 0 Å². The summed E-state index contributed by atoms with van der Waals surface area (Å²) in [6.45, 7) is 1.09. The average molecular weight is 375 g/mol. The van der Waals surface area contributed by atoms with E-state index in [-0.39, 0.29) is 5.82 Å². The van der Waals surface area contributed by atoms with Crippen molar-refractivity contribution in [2.75, 3.05) is 5.32 Å². The zero-order valence-corrected chi connectivity index (χ0v) is 14.8. The Kier molecular flexibility index (Phi) is 5.63. The molecular formula is C18H16ClFN4S. The first-order valence-corrected chi connectivity index (χ1v) is 8.44. The molecule has 0 amide bonds. The topological polar surface area (TPSA) is 41.9 Å². The number of halogens is 2. The van der Waals surface area contributed by atoms with Crippen molar-refractivity contribution in [1.29, 1.82) is 0 Å². The van der Waals surface area contributed by atoms with Gasteiger partial charge in [0.05, 0.1) is 18.4 Å². The molecule has 2 aromatic carbocycles. The Bertz CT molecular complexity index is 867. The van der Waals surface area contributed by atoms with Crippen molar-refractivity contribution in [3.05, 3.63) is 82.9 Å². The SMILES string of the molecule is Fc1ccc(Cn2cc(NC(=S)NCc3ccccc3)cn2)c(Cl)c1. The summed E-state index contributed by atoms with van der Waals surface area (Å²) in [5.74, 6) is -0.355. The number of hydrogen-bond donors (Lipinski definition) is 2. The molecule has 0 fully saturated rings. The Morgan fingerprint density at radius 1 is 1.20 bits per heavy atom. The van der Waals surface area contributed by atoms with Crippen molar-refractivity contribution in [2.45, 2.75) is 13.1 Å². The number of rotatable bonds is 5. The van der Waals surface area contributed by atoms with Crippen molar-refractivity contribution in [3.8, 4) is 0 Å². The van der Waals surface area contributed by atoms with Gasteiger partial charge in [-0.3, -0.25) is 4.68 Å².